The maximum absolute atomic E-state index is 14.5. The van der Waals surface area contributed by atoms with Gasteiger partial charge in [-0.3, -0.25) is 14.4 Å². The molecule has 3 aliphatic rings. The highest BCUT2D eigenvalue weighted by Crippen LogP contribution is 2.40. The number of thiazole rings is 1. The van der Waals surface area contributed by atoms with Gasteiger partial charge in [0, 0.05) is 44.7 Å². The van der Waals surface area contributed by atoms with Gasteiger partial charge in [-0.05, 0) is 56.1 Å². The van der Waals surface area contributed by atoms with Gasteiger partial charge in [0.15, 0.2) is 5.67 Å². The van der Waals surface area contributed by atoms with Crippen LogP contribution in [0.15, 0.2) is 23.7 Å². The highest BCUT2D eigenvalue weighted by Gasteiger charge is 2.53. The number of alkyl halides is 1. The van der Waals surface area contributed by atoms with E-state index in [1.165, 1.54) is 16.2 Å². The molecule has 1 aliphatic carbocycles. The number of β-amino-alcohol motifs (C(OH)–C–C–N with tert-alkyl or cyclic N) is 1. The van der Waals surface area contributed by atoms with Crippen molar-refractivity contribution in [2.45, 2.75) is 103 Å². The monoisotopic (exact) mass is 674 g/mol. The van der Waals surface area contributed by atoms with Crippen molar-refractivity contribution in [3.8, 4) is 16.2 Å². The molecular weight excluding hydrogens is 625 g/mol. The van der Waals surface area contributed by atoms with Crippen LogP contribution < -0.4 is 15.4 Å². The summed E-state index contributed by atoms with van der Waals surface area (Å²) in [5.41, 5.74) is 1.65. The van der Waals surface area contributed by atoms with Crippen LogP contribution in [0.1, 0.15) is 71.9 Å². The van der Waals surface area contributed by atoms with Crippen molar-refractivity contribution >= 4 is 29.1 Å². The van der Waals surface area contributed by atoms with E-state index in [9.17, 15) is 29.0 Å². The van der Waals surface area contributed by atoms with Crippen LogP contribution in [0.25, 0.3) is 10.4 Å². The van der Waals surface area contributed by atoms with Crippen LogP contribution in [0.4, 0.5) is 4.39 Å². The summed E-state index contributed by atoms with van der Waals surface area (Å²) >= 11 is 1.53. The normalized spacial score (nSPS) is 23.1. The number of ether oxygens (including phenoxy) is 1. The third-order valence-corrected chi connectivity index (χ3v) is 10.2. The quantitative estimate of drug-likeness (QED) is 0.252. The van der Waals surface area contributed by atoms with Gasteiger partial charge in [0.05, 0.1) is 36.2 Å². The van der Waals surface area contributed by atoms with Gasteiger partial charge in [-0.15, -0.1) is 11.3 Å². The zero-order valence-electron chi connectivity index (χ0n) is 28.7. The first-order valence-electron chi connectivity index (χ1n) is 16.9. The lowest BCUT2D eigenvalue weighted by Crippen LogP contribution is -2.59. The van der Waals surface area contributed by atoms with Crippen LogP contribution in [-0.4, -0.2) is 105 Å². The Balaban J connectivity index is 1.25. The summed E-state index contributed by atoms with van der Waals surface area (Å²) in [4.78, 5) is 48.8. The Morgan fingerprint density at radius 3 is 2.60 bits per heavy atom. The smallest absolute Gasteiger partial charge is 0.258 e. The standard InChI is InChI=1S/C34H48FN5O6S/c1-21-28(47-20-37-21)22-6-7-23(27(16-22)46-15-5-12-39-13-8-24(41)9-14-39)18-36-30(43)26-17-25(42)19-40(26)31(44)29(33(2,3)4)38-32(45)34(35)10-11-34/h6-7,16,20,24-26,29,41-42H,5,8-15,17-19H2,1-4H3,(H,36,43)(H,38,45)/t25-,26+,29-/m1/s1/i24D. The van der Waals surface area contributed by atoms with Crippen molar-refractivity contribution in [1.29, 1.82) is 0 Å². The molecule has 11 nitrogen and oxygen atoms in total. The molecule has 1 aromatic heterocycles. The van der Waals surface area contributed by atoms with Gasteiger partial charge >= 0.3 is 0 Å². The molecule has 3 fully saturated rings. The maximum atomic E-state index is 14.5. The summed E-state index contributed by atoms with van der Waals surface area (Å²) in [5.74, 6) is -1.20. The van der Waals surface area contributed by atoms with E-state index in [0.29, 0.717) is 38.3 Å². The topological polar surface area (TPSA) is 144 Å². The Kier molecular flexibility index (Phi) is 10.5. The predicted molar refractivity (Wildman–Crippen MR) is 177 cm³/mol. The van der Waals surface area contributed by atoms with Crippen molar-refractivity contribution in [2.24, 2.45) is 5.41 Å². The molecule has 3 atom stereocenters. The second kappa shape index (κ2) is 14.6. The molecule has 5 rings (SSSR count). The second-order valence-corrected chi connectivity index (χ2v) is 14.9. The molecule has 258 valence electrons. The van der Waals surface area contributed by atoms with E-state index in [0.717, 1.165) is 34.7 Å². The van der Waals surface area contributed by atoms with Crippen LogP contribution >= 0.6 is 11.3 Å². The second-order valence-electron chi connectivity index (χ2n) is 14.1. The zero-order valence-corrected chi connectivity index (χ0v) is 28.5. The molecule has 0 unspecified atom stereocenters. The first kappa shape index (κ1) is 33.8. The highest BCUT2D eigenvalue weighted by atomic mass is 32.1. The van der Waals surface area contributed by atoms with E-state index in [1.807, 2.05) is 25.1 Å². The predicted octanol–water partition coefficient (Wildman–Crippen LogP) is 2.96. The average Bonchev–Trinajstić information content (AvgIpc) is 3.43. The van der Waals surface area contributed by atoms with E-state index in [1.54, 1.807) is 26.3 Å². The highest BCUT2D eigenvalue weighted by molar-refractivity contribution is 7.13. The maximum Gasteiger partial charge on any atom is 0.258 e. The summed E-state index contributed by atoms with van der Waals surface area (Å²) in [5, 5.41) is 25.9. The number of nitrogens with zero attached hydrogens (tertiary/aromatic N) is 3. The molecule has 47 heavy (non-hydrogen) atoms. The molecule has 4 N–H and O–H groups in total. The third-order valence-electron chi connectivity index (χ3n) is 9.19. The summed E-state index contributed by atoms with van der Waals surface area (Å²) in [6, 6.07) is 3.74. The lowest BCUT2D eigenvalue weighted by Gasteiger charge is -2.35. The molecule has 1 saturated carbocycles. The van der Waals surface area contributed by atoms with Crippen molar-refractivity contribution in [1.82, 2.24) is 25.4 Å². The molecular formula is C34H48FN5O6S. The Labute approximate surface area is 281 Å². The fourth-order valence-electron chi connectivity index (χ4n) is 6.08. The molecule has 13 heteroatoms. The number of likely N-dealkylation sites (tertiary alicyclic amines) is 2. The van der Waals surface area contributed by atoms with Crippen LogP contribution in [0.2, 0.25) is 0 Å². The number of carbonyl (C=O) groups excluding carboxylic acids is 3. The van der Waals surface area contributed by atoms with Crippen LogP contribution in [0, 0.1) is 12.3 Å². The molecule has 0 bridgehead atoms. The SMILES string of the molecule is [2H]C1(O)CCN(CCCOc2cc(-c3scnc3C)ccc2CNC(=O)[C@@H]2C[C@@H](O)CN2C(=O)[C@@H](NC(=O)C2(F)CC2)C(C)(C)C)CC1. The minimum atomic E-state index is -1.96. The van der Waals surface area contributed by atoms with E-state index < -0.39 is 53.1 Å². The third kappa shape index (κ3) is 8.67. The van der Waals surface area contributed by atoms with Crippen molar-refractivity contribution in [3.05, 3.63) is 35.0 Å². The molecule has 2 aliphatic heterocycles. The van der Waals surface area contributed by atoms with Gasteiger partial charge in [0.1, 0.15) is 17.8 Å². The molecule has 3 heterocycles. The van der Waals surface area contributed by atoms with Gasteiger partial charge < -0.3 is 35.4 Å². The minimum absolute atomic E-state index is 0.0382. The minimum Gasteiger partial charge on any atom is -0.493 e. The number of aromatic nitrogens is 1. The summed E-state index contributed by atoms with van der Waals surface area (Å²) in [7, 11) is 0. The van der Waals surface area contributed by atoms with Gasteiger partial charge in [-0.1, -0.05) is 32.9 Å². The number of aliphatic hydroxyl groups is 2. The number of rotatable bonds is 12. The lowest BCUT2D eigenvalue weighted by atomic mass is 9.85. The molecule has 2 saturated heterocycles. The largest absolute Gasteiger partial charge is 0.493 e. The number of aliphatic hydroxyl groups excluding tert-OH is 1. The summed E-state index contributed by atoms with van der Waals surface area (Å²) in [6.45, 7) is 9.78. The summed E-state index contributed by atoms with van der Waals surface area (Å²) < 4.78 is 28.6. The van der Waals surface area contributed by atoms with Gasteiger partial charge in [-0.2, -0.15) is 0 Å². The van der Waals surface area contributed by atoms with Gasteiger partial charge in [0.25, 0.3) is 5.91 Å². The fraction of sp³-hybridized carbons (Fsp3) is 0.647. The first-order chi connectivity index (χ1) is 22.6. The zero-order chi connectivity index (χ0) is 34.9. The van der Waals surface area contributed by atoms with Gasteiger partial charge in [0.2, 0.25) is 11.8 Å². The molecule has 0 radical (unpaired) electrons. The number of amides is 3. The van der Waals surface area contributed by atoms with Crippen LogP contribution in [-0.2, 0) is 20.9 Å². The van der Waals surface area contributed by atoms with Gasteiger partial charge in [-0.25, -0.2) is 9.37 Å². The van der Waals surface area contributed by atoms with Crippen molar-refractivity contribution < 1.29 is 35.1 Å². The molecule has 1 aromatic carbocycles. The molecule has 0 spiro atoms. The van der Waals surface area contributed by atoms with E-state index in [4.69, 9.17) is 6.11 Å². The Bertz CT molecular complexity index is 1480. The molecule has 2 aromatic rings. The fourth-order valence-corrected chi connectivity index (χ4v) is 6.88. The summed E-state index contributed by atoms with van der Waals surface area (Å²) in [6.07, 6.45) is -0.435. The Hall–Kier alpha value is -3.13. The number of carbonyl (C=O) groups is 3. The number of benzene rings is 1. The van der Waals surface area contributed by atoms with E-state index in [-0.39, 0.29) is 32.4 Å². The van der Waals surface area contributed by atoms with Crippen molar-refractivity contribution in [3.63, 3.8) is 0 Å². The number of piperidine rings is 1. The van der Waals surface area contributed by atoms with Crippen molar-refractivity contribution in [2.75, 3.05) is 32.8 Å². The molecule has 3 amide bonds. The van der Waals surface area contributed by atoms with Crippen LogP contribution in [0.3, 0.4) is 0 Å². The Morgan fingerprint density at radius 2 is 1.96 bits per heavy atom. The first-order valence-corrected chi connectivity index (χ1v) is 17.3. The van der Waals surface area contributed by atoms with E-state index >= 15 is 0 Å². The van der Waals surface area contributed by atoms with E-state index in [2.05, 4.69) is 20.5 Å². The number of nitrogens with one attached hydrogen (secondary N) is 2. The number of halogens is 1. The average molecular weight is 675 g/mol. The van der Waals surface area contributed by atoms with Crippen LogP contribution in [0.5, 0.6) is 5.75 Å². The number of hydrogen-bond donors (Lipinski definition) is 4. The Morgan fingerprint density at radius 1 is 1.23 bits per heavy atom. The lowest BCUT2D eigenvalue weighted by molar-refractivity contribution is -0.145. The number of aryl methyl sites for hydroxylation is 1. The number of hydrogen-bond acceptors (Lipinski definition) is 9.